The molecule has 1 saturated carbocycles. The lowest BCUT2D eigenvalue weighted by molar-refractivity contribution is -0.149. The molecule has 1 aromatic heterocycles. The van der Waals surface area contributed by atoms with Crippen LogP contribution in [0.2, 0.25) is 0 Å². The summed E-state index contributed by atoms with van der Waals surface area (Å²) in [7, 11) is 0. The highest BCUT2D eigenvalue weighted by atomic mass is 35.5. The van der Waals surface area contributed by atoms with E-state index in [1.807, 2.05) is 6.92 Å². The van der Waals surface area contributed by atoms with Crippen molar-refractivity contribution in [1.82, 2.24) is 10.3 Å². The molecule has 0 bridgehead atoms. The first-order valence-electron chi connectivity index (χ1n) is 7.76. The highest BCUT2D eigenvalue weighted by molar-refractivity contribution is 5.94. The van der Waals surface area contributed by atoms with E-state index in [0.29, 0.717) is 24.4 Å². The lowest BCUT2D eigenvalue weighted by Gasteiger charge is -2.27. The number of pyridine rings is 1. The maximum Gasteiger partial charge on any atom is 0.308 e. The molecule has 6 nitrogen and oxygen atoms in total. The molecule has 2 rings (SSSR count). The normalized spacial score (nSPS) is 20.3. The van der Waals surface area contributed by atoms with E-state index in [1.165, 1.54) is 0 Å². The van der Waals surface area contributed by atoms with Crippen LogP contribution in [0.4, 0.5) is 0 Å². The second kappa shape index (κ2) is 9.47. The number of nitrogens with one attached hydrogen (secondary N) is 1. The first-order valence-corrected chi connectivity index (χ1v) is 7.76. The number of hydrogen-bond donors (Lipinski definition) is 2. The number of amides is 1. The average molecular weight is 342 g/mol. The van der Waals surface area contributed by atoms with E-state index in [-0.39, 0.29) is 36.2 Å². The van der Waals surface area contributed by atoms with Gasteiger partial charge in [-0.25, -0.2) is 0 Å². The molecule has 128 valence electrons. The van der Waals surface area contributed by atoms with Crippen molar-refractivity contribution in [2.75, 3.05) is 6.61 Å². The van der Waals surface area contributed by atoms with Crippen LogP contribution in [0.3, 0.4) is 0 Å². The van der Waals surface area contributed by atoms with Crippen molar-refractivity contribution < 1.29 is 14.3 Å². The summed E-state index contributed by atoms with van der Waals surface area (Å²) in [5.41, 5.74) is 6.80. The Morgan fingerprint density at radius 1 is 1.35 bits per heavy atom. The number of halogens is 1. The van der Waals surface area contributed by atoms with Gasteiger partial charge in [-0.1, -0.05) is 0 Å². The zero-order valence-electron chi connectivity index (χ0n) is 13.3. The number of esters is 1. The van der Waals surface area contributed by atoms with Gasteiger partial charge in [0.15, 0.2) is 0 Å². The number of carbonyl (C=O) groups excluding carboxylic acids is 2. The van der Waals surface area contributed by atoms with Gasteiger partial charge >= 0.3 is 5.97 Å². The maximum absolute atomic E-state index is 12.2. The first kappa shape index (κ1) is 19.4. The molecule has 1 amide bonds. The van der Waals surface area contributed by atoms with Gasteiger partial charge in [0, 0.05) is 24.3 Å². The Kier molecular flexibility index (Phi) is 7.98. The first-order chi connectivity index (χ1) is 10.6. The molecular formula is C16H24ClN3O3. The molecule has 0 aromatic carbocycles. The van der Waals surface area contributed by atoms with Crippen LogP contribution in [0.25, 0.3) is 0 Å². The van der Waals surface area contributed by atoms with E-state index in [2.05, 4.69) is 10.3 Å². The fraction of sp³-hybridized carbons (Fsp3) is 0.562. The minimum atomic E-state index is -0.117. The fourth-order valence-electron chi connectivity index (χ4n) is 2.73. The number of aromatic nitrogens is 1. The standard InChI is InChI=1S/C16H23N3O3.ClH/c1-2-22-16(21)11-3-5-13(6-4-11)19-15(20)12-7-8-18-14(9-12)10-17;/h7-9,11,13H,2-6,10,17H2,1H3,(H,19,20);1H. The molecule has 0 radical (unpaired) electrons. The molecule has 0 aliphatic heterocycles. The average Bonchev–Trinajstić information content (AvgIpc) is 2.55. The van der Waals surface area contributed by atoms with Gasteiger partial charge in [0.2, 0.25) is 0 Å². The molecule has 0 unspecified atom stereocenters. The Morgan fingerprint density at radius 2 is 2.04 bits per heavy atom. The van der Waals surface area contributed by atoms with Crippen molar-refractivity contribution in [3.8, 4) is 0 Å². The van der Waals surface area contributed by atoms with Crippen LogP contribution in [-0.4, -0.2) is 29.5 Å². The minimum absolute atomic E-state index is 0. The number of nitrogens with zero attached hydrogens (tertiary/aromatic N) is 1. The minimum Gasteiger partial charge on any atom is -0.466 e. The second-order valence-electron chi connectivity index (χ2n) is 5.51. The quantitative estimate of drug-likeness (QED) is 0.796. The topological polar surface area (TPSA) is 94.3 Å². The van der Waals surface area contributed by atoms with Gasteiger partial charge in [-0.3, -0.25) is 14.6 Å². The number of ether oxygens (including phenoxy) is 1. The van der Waals surface area contributed by atoms with Gasteiger partial charge in [-0.05, 0) is 44.7 Å². The molecule has 0 spiro atoms. The SMILES string of the molecule is CCOC(=O)C1CCC(NC(=O)c2ccnc(CN)c2)CC1.Cl. The van der Waals surface area contributed by atoms with Crippen molar-refractivity contribution in [3.63, 3.8) is 0 Å². The lowest BCUT2D eigenvalue weighted by Crippen LogP contribution is -2.39. The molecular weight excluding hydrogens is 318 g/mol. The summed E-state index contributed by atoms with van der Waals surface area (Å²) in [5.74, 6) is -0.261. The molecule has 0 atom stereocenters. The molecule has 0 saturated heterocycles. The third-order valence-corrected chi connectivity index (χ3v) is 3.97. The van der Waals surface area contributed by atoms with E-state index in [0.717, 1.165) is 25.7 Å². The Balaban J connectivity index is 0.00000264. The zero-order chi connectivity index (χ0) is 15.9. The predicted molar refractivity (Wildman–Crippen MR) is 89.2 cm³/mol. The van der Waals surface area contributed by atoms with Crippen molar-refractivity contribution in [2.45, 2.75) is 45.2 Å². The monoisotopic (exact) mass is 341 g/mol. The zero-order valence-corrected chi connectivity index (χ0v) is 14.1. The molecule has 23 heavy (non-hydrogen) atoms. The summed E-state index contributed by atoms with van der Waals surface area (Å²) in [6.07, 6.45) is 4.70. The van der Waals surface area contributed by atoms with Gasteiger partial charge in [0.05, 0.1) is 18.2 Å². The number of carbonyl (C=O) groups is 2. The molecule has 1 aliphatic rings. The van der Waals surface area contributed by atoms with Gasteiger partial charge < -0.3 is 15.8 Å². The summed E-state index contributed by atoms with van der Waals surface area (Å²) in [6, 6.07) is 3.49. The lowest BCUT2D eigenvalue weighted by atomic mass is 9.86. The van der Waals surface area contributed by atoms with E-state index < -0.39 is 0 Å². The van der Waals surface area contributed by atoms with Crippen LogP contribution in [-0.2, 0) is 16.1 Å². The van der Waals surface area contributed by atoms with Gasteiger partial charge in [0.25, 0.3) is 5.91 Å². The molecule has 7 heteroatoms. The molecule has 1 aliphatic carbocycles. The second-order valence-corrected chi connectivity index (χ2v) is 5.51. The summed E-state index contributed by atoms with van der Waals surface area (Å²) in [5, 5.41) is 3.02. The van der Waals surface area contributed by atoms with E-state index >= 15 is 0 Å². The van der Waals surface area contributed by atoms with Gasteiger partial charge in [0.1, 0.15) is 0 Å². The van der Waals surface area contributed by atoms with Crippen LogP contribution in [0.1, 0.15) is 48.7 Å². The van der Waals surface area contributed by atoms with Gasteiger partial charge in [-0.2, -0.15) is 0 Å². The third-order valence-electron chi connectivity index (χ3n) is 3.97. The van der Waals surface area contributed by atoms with Crippen LogP contribution < -0.4 is 11.1 Å². The Morgan fingerprint density at radius 3 is 2.65 bits per heavy atom. The van der Waals surface area contributed by atoms with E-state index in [1.54, 1.807) is 18.3 Å². The Hall–Kier alpha value is -1.66. The van der Waals surface area contributed by atoms with Crippen molar-refractivity contribution in [1.29, 1.82) is 0 Å². The summed E-state index contributed by atoms with van der Waals surface area (Å²) < 4.78 is 5.05. The van der Waals surface area contributed by atoms with E-state index in [9.17, 15) is 9.59 Å². The molecule has 1 fully saturated rings. The van der Waals surface area contributed by atoms with Crippen LogP contribution in [0.15, 0.2) is 18.3 Å². The third kappa shape index (κ3) is 5.48. The summed E-state index contributed by atoms with van der Waals surface area (Å²) in [4.78, 5) is 28.0. The molecule has 1 heterocycles. The Bertz CT molecular complexity index is 531. The molecule has 3 N–H and O–H groups in total. The van der Waals surface area contributed by atoms with Crippen molar-refractivity contribution >= 4 is 24.3 Å². The van der Waals surface area contributed by atoms with Crippen molar-refractivity contribution in [2.24, 2.45) is 11.7 Å². The van der Waals surface area contributed by atoms with Crippen LogP contribution in [0.5, 0.6) is 0 Å². The van der Waals surface area contributed by atoms with E-state index in [4.69, 9.17) is 10.5 Å². The number of rotatable bonds is 5. The highest BCUT2D eigenvalue weighted by Gasteiger charge is 2.28. The number of nitrogens with two attached hydrogens (primary N) is 1. The van der Waals surface area contributed by atoms with Crippen LogP contribution in [0, 0.1) is 5.92 Å². The smallest absolute Gasteiger partial charge is 0.308 e. The highest BCUT2D eigenvalue weighted by Crippen LogP contribution is 2.25. The Labute approximate surface area is 142 Å². The van der Waals surface area contributed by atoms with Crippen molar-refractivity contribution in [3.05, 3.63) is 29.6 Å². The largest absolute Gasteiger partial charge is 0.466 e. The number of hydrogen-bond acceptors (Lipinski definition) is 5. The van der Waals surface area contributed by atoms with Gasteiger partial charge in [-0.15, -0.1) is 12.4 Å². The predicted octanol–water partition coefficient (Wildman–Crippen LogP) is 1.81. The van der Waals surface area contributed by atoms with Crippen LogP contribution >= 0.6 is 12.4 Å². The molecule has 1 aromatic rings. The summed E-state index contributed by atoms with van der Waals surface area (Å²) >= 11 is 0. The maximum atomic E-state index is 12.2. The summed E-state index contributed by atoms with van der Waals surface area (Å²) in [6.45, 7) is 2.54. The fourth-order valence-corrected chi connectivity index (χ4v) is 2.73.